The maximum absolute atomic E-state index is 14.2. The van der Waals surface area contributed by atoms with Crippen LogP contribution in [0.5, 0.6) is 0 Å². The van der Waals surface area contributed by atoms with Crippen molar-refractivity contribution in [3.05, 3.63) is 70.8 Å². The van der Waals surface area contributed by atoms with Crippen LogP contribution in [0.2, 0.25) is 0 Å². The molecule has 1 heterocycles. The minimum Gasteiger partial charge on any atom is -0.383 e. The van der Waals surface area contributed by atoms with E-state index in [0.717, 1.165) is 6.92 Å². The van der Waals surface area contributed by atoms with Gasteiger partial charge in [-0.2, -0.15) is 31.4 Å². The third-order valence-electron chi connectivity index (χ3n) is 5.03. The average Bonchev–Trinajstić information content (AvgIpc) is 2.71. The molecular weight excluding hydrogens is 456 g/mol. The number of carbonyl (C=O) groups is 2. The first-order chi connectivity index (χ1) is 15.2. The molecule has 2 aromatic rings. The van der Waals surface area contributed by atoms with Gasteiger partial charge in [0, 0.05) is 18.9 Å². The maximum Gasteiger partial charge on any atom is 0.493 e. The number of hydrogen-bond acceptors (Lipinski definition) is 5. The van der Waals surface area contributed by atoms with E-state index in [4.69, 9.17) is 5.73 Å². The zero-order chi connectivity index (χ0) is 24.6. The Morgan fingerprint density at radius 2 is 1.73 bits per heavy atom. The number of fused-ring (bicyclic) bond motifs is 1. The minimum atomic E-state index is -5.34. The van der Waals surface area contributed by atoms with Gasteiger partial charge in [-0.15, -0.1) is 0 Å². The smallest absolute Gasteiger partial charge is 0.383 e. The fourth-order valence-corrected chi connectivity index (χ4v) is 3.46. The van der Waals surface area contributed by atoms with Gasteiger partial charge in [0.1, 0.15) is 5.84 Å². The molecule has 1 aliphatic rings. The molecular formula is C21H17F6N3O3. The zero-order valence-electron chi connectivity index (χ0n) is 17.0. The van der Waals surface area contributed by atoms with Crippen LogP contribution in [0.15, 0.2) is 53.5 Å². The van der Waals surface area contributed by atoms with E-state index in [1.165, 1.54) is 42.5 Å². The standard InChI is InChI=1S/C21H17F6N3O3/c1-12(31)30(33-18(32)20(22,23)24)11-13-7-8-16-14(9-13)10-19(21(25,26)27,29-17(16)28)15-5-3-2-4-6-15/h2-9H,10-11H2,1H3,(H2,28,29). The number of benzene rings is 2. The van der Waals surface area contributed by atoms with Gasteiger partial charge >= 0.3 is 18.3 Å². The third-order valence-corrected chi connectivity index (χ3v) is 5.03. The number of amidine groups is 1. The predicted molar refractivity (Wildman–Crippen MR) is 103 cm³/mol. The second kappa shape index (κ2) is 8.41. The summed E-state index contributed by atoms with van der Waals surface area (Å²) in [7, 11) is 0. The summed E-state index contributed by atoms with van der Waals surface area (Å²) in [5, 5.41) is 0.173. The van der Waals surface area contributed by atoms with Crippen molar-refractivity contribution in [1.82, 2.24) is 5.06 Å². The maximum atomic E-state index is 14.2. The molecule has 0 aromatic heterocycles. The number of nitrogens with two attached hydrogens (primary N) is 1. The number of hydrogen-bond donors (Lipinski definition) is 1. The molecule has 1 amide bonds. The molecule has 0 spiro atoms. The molecule has 12 heteroatoms. The number of carbonyl (C=O) groups excluding carboxylic acids is 2. The normalized spacial score (nSPS) is 18.2. The number of nitrogens with zero attached hydrogens (tertiary/aromatic N) is 2. The molecule has 1 aliphatic heterocycles. The third kappa shape index (κ3) is 4.78. The quantitative estimate of drug-likeness (QED) is 0.543. The van der Waals surface area contributed by atoms with Crippen molar-refractivity contribution in [2.24, 2.45) is 10.7 Å². The Hall–Kier alpha value is -3.57. The van der Waals surface area contributed by atoms with Gasteiger partial charge in [0.25, 0.3) is 5.91 Å². The van der Waals surface area contributed by atoms with Gasteiger partial charge in [-0.25, -0.2) is 9.79 Å². The number of halogens is 6. The van der Waals surface area contributed by atoms with E-state index in [9.17, 15) is 35.9 Å². The van der Waals surface area contributed by atoms with E-state index < -0.39 is 42.7 Å². The fourth-order valence-electron chi connectivity index (χ4n) is 3.46. The summed E-state index contributed by atoms with van der Waals surface area (Å²) < 4.78 is 80.2. The molecule has 0 aliphatic carbocycles. The van der Waals surface area contributed by atoms with E-state index in [-0.39, 0.29) is 33.2 Å². The summed E-state index contributed by atoms with van der Waals surface area (Å²) in [5.74, 6) is -3.98. The van der Waals surface area contributed by atoms with E-state index >= 15 is 0 Å². The molecule has 2 aromatic carbocycles. The topological polar surface area (TPSA) is 85.0 Å². The van der Waals surface area contributed by atoms with Crippen LogP contribution in [0.4, 0.5) is 26.3 Å². The monoisotopic (exact) mass is 473 g/mol. The lowest BCUT2D eigenvalue weighted by molar-refractivity contribution is -0.238. The molecule has 3 rings (SSSR count). The Morgan fingerprint density at radius 3 is 2.27 bits per heavy atom. The van der Waals surface area contributed by atoms with Gasteiger partial charge in [-0.05, 0) is 16.7 Å². The summed E-state index contributed by atoms with van der Waals surface area (Å²) in [4.78, 5) is 30.7. The first-order valence-corrected chi connectivity index (χ1v) is 9.41. The Labute approximate surface area is 183 Å². The highest BCUT2D eigenvalue weighted by Gasteiger charge is 2.57. The van der Waals surface area contributed by atoms with Gasteiger partial charge in [0.05, 0.1) is 6.54 Å². The van der Waals surface area contributed by atoms with E-state index in [1.807, 2.05) is 0 Å². The lowest BCUT2D eigenvalue weighted by Gasteiger charge is -2.36. The lowest BCUT2D eigenvalue weighted by Crippen LogP contribution is -2.47. The van der Waals surface area contributed by atoms with E-state index in [1.54, 1.807) is 6.07 Å². The number of alkyl halides is 6. The molecule has 0 bridgehead atoms. The van der Waals surface area contributed by atoms with Crippen molar-refractivity contribution in [2.75, 3.05) is 0 Å². The van der Waals surface area contributed by atoms with Crippen LogP contribution in [-0.2, 0) is 32.9 Å². The molecule has 1 unspecified atom stereocenters. The lowest BCUT2D eigenvalue weighted by atomic mass is 9.79. The van der Waals surface area contributed by atoms with Crippen molar-refractivity contribution >= 4 is 17.7 Å². The van der Waals surface area contributed by atoms with Crippen LogP contribution in [0.3, 0.4) is 0 Å². The summed E-state index contributed by atoms with van der Waals surface area (Å²) >= 11 is 0. The van der Waals surface area contributed by atoms with E-state index in [0.29, 0.717) is 0 Å². The summed E-state index contributed by atoms with van der Waals surface area (Å²) in [6.45, 7) is 0.253. The highest BCUT2D eigenvalue weighted by Crippen LogP contribution is 2.47. The number of amides is 1. The molecule has 33 heavy (non-hydrogen) atoms. The minimum absolute atomic E-state index is 0.117. The average molecular weight is 473 g/mol. The Kier molecular flexibility index (Phi) is 6.14. The van der Waals surface area contributed by atoms with Crippen LogP contribution in [0.1, 0.15) is 29.2 Å². The molecule has 2 N–H and O–H groups in total. The van der Waals surface area contributed by atoms with Crippen LogP contribution < -0.4 is 5.73 Å². The van der Waals surface area contributed by atoms with Gasteiger partial charge in [-0.1, -0.05) is 48.5 Å². The SMILES string of the molecule is CC(=O)N(Cc1ccc2c(c1)CC(c1ccccc1)(C(F)(F)F)N=C2N)OC(=O)C(F)(F)F. The Morgan fingerprint density at radius 1 is 1.09 bits per heavy atom. The Balaban J connectivity index is 1.99. The van der Waals surface area contributed by atoms with Gasteiger partial charge < -0.3 is 10.6 Å². The van der Waals surface area contributed by atoms with Crippen molar-refractivity contribution in [3.63, 3.8) is 0 Å². The van der Waals surface area contributed by atoms with E-state index in [2.05, 4.69) is 9.83 Å². The molecule has 0 saturated carbocycles. The highest BCUT2D eigenvalue weighted by molar-refractivity contribution is 6.00. The number of rotatable bonds is 3. The van der Waals surface area contributed by atoms with Crippen LogP contribution in [-0.4, -0.2) is 35.1 Å². The van der Waals surface area contributed by atoms with Crippen molar-refractivity contribution in [2.45, 2.75) is 37.8 Å². The van der Waals surface area contributed by atoms with Gasteiger partial charge in [0.2, 0.25) is 0 Å². The van der Waals surface area contributed by atoms with Crippen molar-refractivity contribution in [3.8, 4) is 0 Å². The zero-order valence-corrected chi connectivity index (χ0v) is 17.0. The van der Waals surface area contributed by atoms with Gasteiger partial charge in [0.15, 0.2) is 5.54 Å². The molecule has 0 radical (unpaired) electrons. The molecule has 0 fully saturated rings. The fraction of sp³-hybridized carbons (Fsp3) is 0.286. The number of aliphatic imine (C=N–C) groups is 1. The summed E-state index contributed by atoms with van der Waals surface area (Å²) in [6, 6.07) is 10.9. The van der Waals surface area contributed by atoms with Crippen molar-refractivity contribution in [1.29, 1.82) is 0 Å². The molecule has 6 nitrogen and oxygen atoms in total. The second-order valence-electron chi connectivity index (χ2n) is 7.32. The van der Waals surface area contributed by atoms with Crippen LogP contribution >= 0.6 is 0 Å². The molecule has 176 valence electrons. The first-order valence-electron chi connectivity index (χ1n) is 9.41. The molecule has 1 atom stereocenters. The van der Waals surface area contributed by atoms with Crippen LogP contribution in [0, 0.1) is 0 Å². The largest absolute Gasteiger partial charge is 0.493 e. The summed E-state index contributed by atoms with van der Waals surface area (Å²) in [6.07, 6.45) is -10.8. The second-order valence-corrected chi connectivity index (χ2v) is 7.32. The first kappa shape index (κ1) is 24.1. The Bertz CT molecular complexity index is 1100. The number of hydroxylamine groups is 2. The highest BCUT2D eigenvalue weighted by atomic mass is 19.4. The predicted octanol–water partition coefficient (Wildman–Crippen LogP) is 3.77. The van der Waals surface area contributed by atoms with Crippen molar-refractivity contribution < 1.29 is 40.8 Å². The molecule has 0 saturated heterocycles. The summed E-state index contributed by atoms with van der Waals surface area (Å²) in [5.41, 5.74) is 3.51. The van der Waals surface area contributed by atoms with Gasteiger partial charge in [-0.3, -0.25) is 4.79 Å². The van der Waals surface area contributed by atoms with Crippen LogP contribution in [0.25, 0.3) is 0 Å².